The molecule has 106 valence electrons. The molecule has 0 radical (unpaired) electrons. The standard InChI is InChI=1S/C15H9ClF2N2O/c16-8-4-5-13-9(6-8)10(7-19-13)15(21)20-14-11(17)2-1-3-12(14)18/h1-7,19H,(H,20,21). The van der Waals surface area contributed by atoms with Crippen LogP contribution < -0.4 is 5.32 Å². The number of nitrogens with one attached hydrogen (secondary N) is 2. The third-order valence-corrected chi connectivity index (χ3v) is 3.32. The van der Waals surface area contributed by atoms with E-state index in [1.54, 1.807) is 18.2 Å². The number of carbonyl (C=O) groups is 1. The predicted octanol–water partition coefficient (Wildman–Crippen LogP) is 4.35. The van der Waals surface area contributed by atoms with E-state index >= 15 is 0 Å². The lowest BCUT2D eigenvalue weighted by Crippen LogP contribution is -2.13. The van der Waals surface area contributed by atoms with E-state index in [9.17, 15) is 13.6 Å². The molecule has 0 saturated carbocycles. The number of fused-ring (bicyclic) bond motifs is 1. The Morgan fingerprint density at radius 2 is 1.86 bits per heavy atom. The highest BCUT2D eigenvalue weighted by atomic mass is 35.5. The summed E-state index contributed by atoms with van der Waals surface area (Å²) in [7, 11) is 0. The topological polar surface area (TPSA) is 44.9 Å². The number of halogens is 3. The SMILES string of the molecule is O=C(Nc1c(F)cccc1F)c1c[nH]c2ccc(Cl)cc12. The van der Waals surface area contributed by atoms with Gasteiger partial charge in [0.05, 0.1) is 5.56 Å². The number of hydrogen-bond donors (Lipinski definition) is 2. The van der Waals surface area contributed by atoms with E-state index in [4.69, 9.17) is 11.6 Å². The molecule has 0 aliphatic carbocycles. The van der Waals surface area contributed by atoms with Crippen LogP contribution in [0.2, 0.25) is 5.02 Å². The van der Waals surface area contributed by atoms with Crippen LogP contribution in [0.1, 0.15) is 10.4 Å². The summed E-state index contributed by atoms with van der Waals surface area (Å²) in [4.78, 5) is 15.1. The number of rotatable bonds is 2. The van der Waals surface area contributed by atoms with Gasteiger partial charge in [-0.1, -0.05) is 17.7 Å². The molecule has 0 atom stereocenters. The molecule has 21 heavy (non-hydrogen) atoms. The molecule has 0 aliphatic rings. The van der Waals surface area contributed by atoms with E-state index < -0.39 is 23.2 Å². The number of hydrogen-bond acceptors (Lipinski definition) is 1. The molecule has 6 heteroatoms. The lowest BCUT2D eigenvalue weighted by atomic mass is 10.1. The Labute approximate surface area is 123 Å². The molecule has 0 unspecified atom stereocenters. The molecule has 2 aromatic carbocycles. The average Bonchev–Trinajstić information content (AvgIpc) is 2.86. The lowest BCUT2D eigenvalue weighted by molar-refractivity contribution is 0.102. The van der Waals surface area contributed by atoms with Crippen molar-refractivity contribution in [1.82, 2.24) is 4.98 Å². The van der Waals surface area contributed by atoms with Gasteiger partial charge >= 0.3 is 0 Å². The minimum absolute atomic E-state index is 0.259. The quantitative estimate of drug-likeness (QED) is 0.726. The van der Waals surface area contributed by atoms with Crippen molar-refractivity contribution >= 4 is 34.1 Å². The van der Waals surface area contributed by atoms with Gasteiger partial charge < -0.3 is 10.3 Å². The summed E-state index contributed by atoms with van der Waals surface area (Å²) in [6.45, 7) is 0. The second-order valence-electron chi connectivity index (χ2n) is 4.44. The zero-order valence-electron chi connectivity index (χ0n) is 10.6. The van der Waals surface area contributed by atoms with Crippen LogP contribution >= 0.6 is 11.6 Å². The first-order chi connectivity index (χ1) is 10.1. The zero-order chi connectivity index (χ0) is 15.0. The third kappa shape index (κ3) is 2.48. The van der Waals surface area contributed by atoms with Crippen LogP contribution in [0.4, 0.5) is 14.5 Å². The fourth-order valence-corrected chi connectivity index (χ4v) is 2.25. The molecule has 3 nitrogen and oxygen atoms in total. The summed E-state index contributed by atoms with van der Waals surface area (Å²) >= 11 is 5.90. The normalized spacial score (nSPS) is 10.8. The average molecular weight is 307 g/mol. The first-order valence-electron chi connectivity index (χ1n) is 6.08. The Hall–Kier alpha value is -2.40. The summed E-state index contributed by atoms with van der Waals surface area (Å²) in [6, 6.07) is 8.39. The van der Waals surface area contributed by atoms with Gasteiger partial charge in [-0.2, -0.15) is 0 Å². The highest BCUT2D eigenvalue weighted by Crippen LogP contribution is 2.24. The number of amides is 1. The monoisotopic (exact) mass is 306 g/mol. The van der Waals surface area contributed by atoms with Crippen LogP contribution in [0.5, 0.6) is 0 Å². The summed E-state index contributed by atoms with van der Waals surface area (Å²) in [6.07, 6.45) is 1.47. The van der Waals surface area contributed by atoms with Crippen molar-refractivity contribution in [3.63, 3.8) is 0 Å². The second-order valence-corrected chi connectivity index (χ2v) is 4.88. The molecule has 0 spiro atoms. The molecule has 0 fully saturated rings. The minimum atomic E-state index is -0.832. The maximum Gasteiger partial charge on any atom is 0.257 e. The van der Waals surface area contributed by atoms with Crippen molar-refractivity contribution in [2.75, 3.05) is 5.32 Å². The number of anilines is 1. The Morgan fingerprint density at radius 3 is 2.57 bits per heavy atom. The van der Waals surface area contributed by atoms with Crippen molar-refractivity contribution in [3.05, 3.63) is 64.8 Å². The number of aromatic nitrogens is 1. The summed E-state index contributed by atoms with van der Waals surface area (Å²) < 4.78 is 27.1. The van der Waals surface area contributed by atoms with Crippen molar-refractivity contribution in [1.29, 1.82) is 0 Å². The first-order valence-corrected chi connectivity index (χ1v) is 6.46. The number of aromatic amines is 1. The van der Waals surface area contributed by atoms with E-state index in [1.165, 1.54) is 12.3 Å². The zero-order valence-corrected chi connectivity index (χ0v) is 11.3. The van der Waals surface area contributed by atoms with Crippen LogP contribution in [0, 0.1) is 11.6 Å². The van der Waals surface area contributed by atoms with Gasteiger partial charge in [-0.3, -0.25) is 4.79 Å². The van der Waals surface area contributed by atoms with E-state index in [-0.39, 0.29) is 5.56 Å². The minimum Gasteiger partial charge on any atom is -0.360 e. The van der Waals surface area contributed by atoms with E-state index in [0.717, 1.165) is 12.1 Å². The van der Waals surface area contributed by atoms with Crippen molar-refractivity contribution in [2.45, 2.75) is 0 Å². The van der Waals surface area contributed by atoms with Crippen LogP contribution in [-0.2, 0) is 0 Å². The summed E-state index contributed by atoms with van der Waals surface area (Å²) in [5.74, 6) is -2.28. The van der Waals surface area contributed by atoms with E-state index in [1.807, 2.05) is 0 Å². The number of para-hydroxylation sites is 1. The van der Waals surface area contributed by atoms with Crippen LogP contribution in [0.15, 0.2) is 42.6 Å². The Balaban J connectivity index is 2.00. The second kappa shape index (κ2) is 5.18. The number of carbonyl (C=O) groups excluding carboxylic acids is 1. The summed E-state index contributed by atoms with van der Waals surface area (Å²) in [5.41, 5.74) is 0.493. The smallest absolute Gasteiger partial charge is 0.257 e. The highest BCUT2D eigenvalue weighted by Gasteiger charge is 2.16. The van der Waals surface area contributed by atoms with Crippen molar-refractivity contribution < 1.29 is 13.6 Å². The van der Waals surface area contributed by atoms with Crippen LogP contribution in [-0.4, -0.2) is 10.9 Å². The van der Waals surface area contributed by atoms with Crippen molar-refractivity contribution in [3.8, 4) is 0 Å². The van der Waals surface area contributed by atoms with E-state index in [2.05, 4.69) is 10.3 Å². The number of benzene rings is 2. The molecular formula is C15H9ClF2N2O. The molecular weight excluding hydrogens is 298 g/mol. The highest BCUT2D eigenvalue weighted by molar-refractivity contribution is 6.31. The third-order valence-electron chi connectivity index (χ3n) is 3.09. The molecule has 3 rings (SSSR count). The first kappa shape index (κ1) is 13.6. The summed E-state index contributed by atoms with van der Waals surface area (Å²) in [5, 5.41) is 3.29. The van der Waals surface area contributed by atoms with Gasteiger partial charge in [-0.15, -0.1) is 0 Å². The maximum atomic E-state index is 13.5. The molecule has 0 bridgehead atoms. The largest absolute Gasteiger partial charge is 0.360 e. The number of H-pyrrole nitrogens is 1. The molecule has 3 aromatic rings. The van der Waals surface area contributed by atoms with Crippen LogP contribution in [0.3, 0.4) is 0 Å². The Bertz CT molecular complexity index is 825. The fraction of sp³-hybridized carbons (Fsp3) is 0. The van der Waals surface area contributed by atoms with Crippen molar-refractivity contribution in [2.24, 2.45) is 0 Å². The van der Waals surface area contributed by atoms with Gasteiger partial charge in [0.1, 0.15) is 17.3 Å². The Morgan fingerprint density at radius 1 is 1.14 bits per heavy atom. The molecule has 0 aliphatic heterocycles. The van der Waals surface area contributed by atoms with Gasteiger partial charge in [0.2, 0.25) is 0 Å². The van der Waals surface area contributed by atoms with Crippen LogP contribution in [0.25, 0.3) is 10.9 Å². The van der Waals surface area contributed by atoms with Gasteiger partial charge in [-0.05, 0) is 30.3 Å². The van der Waals surface area contributed by atoms with E-state index in [0.29, 0.717) is 15.9 Å². The fourth-order valence-electron chi connectivity index (χ4n) is 2.08. The molecule has 1 amide bonds. The predicted molar refractivity (Wildman–Crippen MR) is 77.6 cm³/mol. The van der Waals surface area contributed by atoms with Gasteiger partial charge in [0.25, 0.3) is 5.91 Å². The molecule has 0 saturated heterocycles. The maximum absolute atomic E-state index is 13.5. The van der Waals surface area contributed by atoms with Gasteiger partial charge in [0, 0.05) is 22.1 Å². The van der Waals surface area contributed by atoms with Gasteiger partial charge in [0.15, 0.2) is 0 Å². The van der Waals surface area contributed by atoms with Gasteiger partial charge in [-0.25, -0.2) is 8.78 Å². The molecule has 1 heterocycles. The molecule has 2 N–H and O–H groups in total. The lowest BCUT2D eigenvalue weighted by Gasteiger charge is -2.06. The molecule has 1 aromatic heterocycles. The Kier molecular flexibility index (Phi) is 3.35.